The summed E-state index contributed by atoms with van der Waals surface area (Å²) >= 11 is 0. The highest BCUT2D eigenvalue weighted by Gasteiger charge is 2.25. The standard InChI is InChI=1S/C11H19NO2/c1-3-8-14-11(13)10-6-5-7-12(4-2)9-10/h3,10H,1,4-9H2,2H3. The van der Waals surface area contributed by atoms with Crippen molar-refractivity contribution in [2.24, 2.45) is 5.92 Å². The van der Waals surface area contributed by atoms with Crippen LogP contribution in [0.3, 0.4) is 0 Å². The number of hydrogen-bond acceptors (Lipinski definition) is 3. The van der Waals surface area contributed by atoms with Crippen molar-refractivity contribution in [2.75, 3.05) is 26.2 Å². The molecular formula is C11H19NO2. The van der Waals surface area contributed by atoms with Crippen molar-refractivity contribution in [2.45, 2.75) is 19.8 Å². The van der Waals surface area contributed by atoms with Gasteiger partial charge in [0.2, 0.25) is 0 Å². The summed E-state index contributed by atoms with van der Waals surface area (Å²) < 4.78 is 5.04. The highest BCUT2D eigenvalue weighted by Crippen LogP contribution is 2.17. The Bertz CT molecular complexity index is 203. The number of rotatable bonds is 4. The molecule has 14 heavy (non-hydrogen) atoms. The van der Waals surface area contributed by atoms with Crippen LogP contribution in [-0.4, -0.2) is 37.1 Å². The van der Waals surface area contributed by atoms with E-state index in [2.05, 4.69) is 18.4 Å². The highest BCUT2D eigenvalue weighted by atomic mass is 16.5. The highest BCUT2D eigenvalue weighted by molar-refractivity contribution is 5.72. The number of likely N-dealkylation sites (tertiary alicyclic amines) is 1. The van der Waals surface area contributed by atoms with E-state index in [0.29, 0.717) is 6.61 Å². The molecule has 1 saturated heterocycles. The Labute approximate surface area is 85.7 Å². The molecule has 0 aromatic carbocycles. The Morgan fingerprint density at radius 2 is 2.50 bits per heavy atom. The van der Waals surface area contributed by atoms with Crippen molar-refractivity contribution < 1.29 is 9.53 Å². The van der Waals surface area contributed by atoms with Gasteiger partial charge in [-0.1, -0.05) is 19.6 Å². The first kappa shape index (κ1) is 11.2. The van der Waals surface area contributed by atoms with Crippen molar-refractivity contribution in [1.29, 1.82) is 0 Å². The minimum Gasteiger partial charge on any atom is -0.461 e. The summed E-state index contributed by atoms with van der Waals surface area (Å²) in [6.07, 6.45) is 3.67. The third kappa shape index (κ3) is 3.14. The molecule has 1 heterocycles. The van der Waals surface area contributed by atoms with Gasteiger partial charge in [0.1, 0.15) is 6.61 Å². The Kier molecular flexibility index (Phi) is 4.66. The Morgan fingerprint density at radius 3 is 3.14 bits per heavy atom. The summed E-state index contributed by atoms with van der Waals surface area (Å²) in [6.45, 7) is 8.96. The first-order chi connectivity index (χ1) is 6.77. The number of carbonyl (C=O) groups is 1. The lowest BCUT2D eigenvalue weighted by Gasteiger charge is -2.30. The Balaban J connectivity index is 2.35. The van der Waals surface area contributed by atoms with Crippen LogP contribution in [0.1, 0.15) is 19.8 Å². The second kappa shape index (κ2) is 5.81. The normalized spacial score (nSPS) is 23.1. The molecular weight excluding hydrogens is 178 g/mol. The maximum absolute atomic E-state index is 11.5. The van der Waals surface area contributed by atoms with Gasteiger partial charge in [0.15, 0.2) is 0 Å². The topological polar surface area (TPSA) is 29.5 Å². The van der Waals surface area contributed by atoms with Gasteiger partial charge in [0.25, 0.3) is 0 Å². The number of nitrogens with zero attached hydrogens (tertiary/aromatic N) is 1. The molecule has 0 saturated carbocycles. The third-order valence-corrected chi connectivity index (χ3v) is 2.63. The molecule has 0 aromatic heterocycles. The predicted molar refractivity (Wildman–Crippen MR) is 56.0 cm³/mol. The van der Waals surface area contributed by atoms with E-state index < -0.39 is 0 Å². The van der Waals surface area contributed by atoms with E-state index in [9.17, 15) is 4.79 Å². The molecule has 0 spiro atoms. The van der Waals surface area contributed by atoms with Crippen LogP contribution in [0.4, 0.5) is 0 Å². The predicted octanol–water partition coefficient (Wildman–Crippen LogP) is 1.45. The van der Waals surface area contributed by atoms with Gasteiger partial charge >= 0.3 is 5.97 Å². The molecule has 0 aromatic rings. The van der Waals surface area contributed by atoms with Gasteiger partial charge in [-0.3, -0.25) is 4.79 Å². The maximum atomic E-state index is 11.5. The minimum atomic E-state index is -0.0666. The Hall–Kier alpha value is -0.830. The third-order valence-electron chi connectivity index (χ3n) is 2.63. The fourth-order valence-corrected chi connectivity index (χ4v) is 1.79. The maximum Gasteiger partial charge on any atom is 0.310 e. The quantitative estimate of drug-likeness (QED) is 0.504. The zero-order valence-corrected chi connectivity index (χ0v) is 8.87. The molecule has 80 valence electrons. The van der Waals surface area contributed by atoms with Crippen LogP contribution in [0.15, 0.2) is 12.7 Å². The molecule has 1 unspecified atom stereocenters. The van der Waals surface area contributed by atoms with Crippen molar-refractivity contribution in [1.82, 2.24) is 4.90 Å². The monoisotopic (exact) mass is 197 g/mol. The summed E-state index contributed by atoms with van der Waals surface area (Å²) in [6, 6.07) is 0. The van der Waals surface area contributed by atoms with Crippen LogP contribution < -0.4 is 0 Å². The number of carbonyl (C=O) groups excluding carboxylic acids is 1. The molecule has 0 bridgehead atoms. The molecule has 0 amide bonds. The SMILES string of the molecule is C=CCOC(=O)C1CCCN(CC)C1. The smallest absolute Gasteiger partial charge is 0.310 e. The van der Waals surface area contributed by atoms with E-state index in [1.54, 1.807) is 6.08 Å². The summed E-state index contributed by atoms with van der Waals surface area (Å²) in [4.78, 5) is 13.8. The van der Waals surface area contributed by atoms with Gasteiger partial charge in [-0.25, -0.2) is 0 Å². The number of ether oxygens (including phenoxy) is 1. The van der Waals surface area contributed by atoms with E-state index in [-0.39, 0.29) is 11.9 Å². The van der Waals surface area contributed by atoms with E-state index in [1.807, 2.05) is 0 Å². The van der Waals surface area contributed by atoms with Gasteiger partial charge in [-0.05, 0) is 25.9 Å². The Morgan fingerprint density at radius 1 is 1.71 bits per heavy atom. The van der Waals surface area contributed by atoms with E-state index in [0.717, 1.165) is 32.5 Å². The molecule has 3 nitrogen and oxygen atoms in total. The molecule has 1 fully saturated rings. The largest absolute Gasteiger partial charge is 0.461 e. The van der Waals surface area contributed by atoms with E-state index >= 15 is 0 Å². The van der Waals surface area contributed by atoms with Crippen LogP contribution in [0.2, 0.25) is 0 Å². The minimum absolute atomic E-state index is 0.0666. The van der Waals surface area contributed by atoms with Crippen LogP contribution in [0.25, 0.3) is 0 Å². The lowest BCUT2D eigenvalue weighted by Crippen LogP contribution is -2.39. The number of esters is 1. The average molecular weight is 197 g/mol. The fourth-order valence-electron chi connectivity index (χ4n) is 1.79. The molecule has 0 radical (unpaired) electrons. The van der Waals surface area contributed by atoms with Crippen LogP contribution in [0.5, 0.6) is 0 Å². The van der Waals surface area contributed by atoms with Gasteiger partial charge in [-0.15, -0.1) is 0 Å². The van der Waals surface area contributed by atoms with Crippen LogP contribution in [-0.2, 0) is 9.53 Å². The van der Waals surface area contributed by atoms with Crippen molar-refractivity contribution >= 4 is 5.97 Å². The summed E-state index contributed by atoms with van der Waals surface area (Å²) in [5.74, 6) is 0.00620. The molecule has 1 aliphatic rings. The first-order valence-corrected chi connectivity index (χ1v) is 5.27. The van der Waals surface area contributed by atoms with Gasteiger partial charge < -0.3 is 9.64 Å². The van der Waals surface area contributed by atoms with Crippen molar-refractivity contribution in [3.63, 3.8) is 0 Å². The van der Waals surface area contributed by atoms with Crippen molar-refractivity contribution in [3.05, 3.63) is 12.7 Å². The first-order valence-electron chi connectivity index (χ1n) is 5.27. The molecule has 3 heteroatoms. The molecule has 0 aliphatic carbocycles. The summed E-state index contributed by atoms with van der Waals surface area (Å²) in [7, 11) is 0. The van der Waals surface area contributed by atoms with E-state index in [1.165, 1.54) is 0 Å². The summed E-state index contributed by atoms with van der Waals surface area (Å²) in [5.41, 5.74) is 0. The van der Waals surface area contributed by atoms with E-state index in [4.69, 9.17) is 4.74 Å². The second-order valence-electron chi connectivity index (χ2n) is 3.65. The fraction of sp³-hybridized carbons (Fsp3) is 0.727. The lowest BCUT2D eigenvalue weighted by atomic mass is 9.98. The van der Waals surface area contributed by atoms with Gasteiger partial charge in [0, 0.05) is 6.54 Å². The average Bonchev–Trinajstić information content (AvgIpc) is 2.26. The van der Waals surface area contributed by atoms with Crippen LogP contribution in [0, 0.1) is 5.92 Å². The second-order valence-corrected chi connectivity index (χ2v) is 3.65. The molecule has 1 rings (SSSR count). The van der Waals surface area contributed by atoms with Crippen molar-refractivity contribution in [3.8, 4) is 0 Å². The lowest BCUT2D eigenvalue weighted by molar-refractivity contribution is -0.149. The van der Waals surface area contributed by atoms with Crippen LogP contribution >= 0.6 is 0 Å². The number of piperidine rings is 1. The van der Waals surface area contributed by atoms with Gasteiger partial charge in [0.05, 0.1) is 5.92 Å². The van der Waals surface area contributed by atoms with Gasteiger partial charge in [-0.2, -0.15) is 0 Å². The zero-order valence-electron chi connectivity index (χ0n) is 8.87. The molecule has 0 N–H and O–H groups in total. The number of hydrogen-bond donors (Lipinski definition) is 0. The zero-order chi connectivity index (χ0) is 10.4. The molecule has 1 atom stereocenters. The summed E-state index contributed by atoms with van der Waals surface area (Å²) in [5, 5.41) is 0. The molecule has 1 aliphatic heterocycles.